The quantitative estimate of drug-likeness (QED) is 0.456. The minimum atomic E-state index is -3.57. The topological polar surface area (TPSA) is 103 Å². The van der Waals surface area contributed by atoms with Crippen LogP contribution >= 0.6 is 0 Å². The molecular formula is C11H19N3O4S. The van der Waals surface area contributed by atoms with Gasteiger partial charge in [-0.3, -0.25) is 0 Å². The van der Waals surface area contributed by atoms with Crippen molar-refractivity contribution >= 4 is 15.9 Å². The average Bonchev–Trinajstić information content (AvgIpc) is 2.37. The summed E-state index contributed by atoms with van der Waals surface area (Å²) in [4.78, 5) is 0. The zero-order valence-corrected chi connectivity index (χ0v) is 11.8. The van der Waals surface area contributed by atoms with E-state index in [1.165, 1.54) is 14.2 Å². The van der Waals surface area contributed by atoms with E-state index in [1.54, 1.807) is 18.2 Å². The summed E-state index contributed by atoms with van der Waals surface area (Å²) in [5.41, 5.74) is 6.86. The van der Waals surface area contributed by atoms with Crippen molar-refractivity contribution in [2.24, 2.45) is 0 Å². The zero-order chi connectivity index (χ0) is 14.3. The van der Waals surface area contributed by atoms with Crippen LogP contribution in [-0.2, 0) is 21.5 Å². The first-order chi connectivity index (χ1) is 8.98. The van der Waals surface area contributed by atoms with E-state index in [0.717, 1.165) is 0 Å². The number of nitrogens with one attached hydrogen (secondary N) is 2. The maximum Gasteiger partial charge on any atom is 0.277 e. The van der Waals surface area contributed by atoms with E-state index in [1.807, 2.05) is 0 Å². The zero-order valence-electron chi connectivity index (χ0n) is 11.0. The van der Waals surface area contributed by atoms with E-state index in [4.69, 9.17) is 15.2 Å². The molecule has 0 aromatic heterocycles. The lowest BCUT2D eigenvalue weighted by Crippen LogP contribution is -2.37. The molecule has 0 saturated carbocycles. The van der Waals surface area contributed by atoms with Gasteiger partial charge in [0.1, 0.15) is 5.75 Å². The van der Waals surface area contributed by atoms with E-state index in [0.29, 0.717) is 23.6 Å². The Bertz CT molecular complexity index is 505. The van der Waals surface area contributed by atoms with Crippen LogP contribution in [0.1, 0.15) is 5.56 Å². The number of nitrogen functional groups attached to an aromatic ring is 1. The van der Waals surface area contributed by atoms with Crippen LogP contribution in [0.5, 0.6) is 5.75 Å². The molecule has 0 spiro atoms. The van der Waals surface area contributed by atoms with Gasteiger partial charge in [-0.25, -0.2) is 0 Å². The van der Waals surface area contributed by atoms with E-state index in [-0.39, 0.29) is 13.1 Å². The highest BCUT2D eigenvalue weighted by molar-refractivity contribution is 7.87. The number of methoxy groups -OCH3 is 2. The maximum atomic E-state index is 11.6. The number of nitrogens with two attached hydrogens (primary N) is 1. The molecule has 1 rings (SSSR count). The first-order valence-electron chi connectivity index (χ1n) is 5.64. The first kappa shape index (κ1) is 15.7. The van der Waals surface area contributed by atoms with Gasteiger partial charge in [0.05, 0.1) is 13.7 Å². The van der Waals surface area contributed by atoms with Gasteiger partial charge in [0.25, 0.3) is 10.2 Å². The van der Waals surface area contributed by atoms with Gasteiger partial charge in [0, 0.05) is 31.5 Å². The molecule has 1 aromatic rings. The molecule has 0 heterocycles. The number of ether oxygens (including phenoxy) is 2. The molecule has 0 atom stereocenters. The Morgan fingerprint density at radius 3 is 2.63 bits per heavy atom. The number of benzene rings is 1. The first-order valence-corrected chi connectivity index (χ1v) is 7.12. The predicted octanol–water partition coefficient (Wildman–Crippen LogP) is -0.152. The fourth-order valence-electron chi connectivity index (χ4n) is 1.44. The lowest BCUT2D eigenvalue weighted by atomic mass is 10.2. The fraction of sp³-hybridized carbons (Fsp3) is 0.455. The third-order valence-electron chi connectivity index (χ3n) is 2.36. The Balaban J connectivity index is 2.63. The maximum absolute atomic E-state index is 11.6. The molecule has 8 heteroatoms. The summed E-state index contributed by atoms with van der Waals surface area (Å²) < 4.78 is 37.9. The summed E-state index contributed by atoms with van der Waals surface area (Å²) in [6.07, 6.45) is 0. The van der Waals surface area contributed by atoms with Crippen molar-refractivity contribution in [1.29, 1.82) is 0 Å². The summed E-state index contributed by atoms with van der Waals surface area (Å²) in [6, 6.07) is 5.04. The smallest absolute Gasteiger partial charge is 0.277 e. The van der Waals surface area contributed by atoms with Crippen LogP contribution in [0.3, 0.4) is 0 Å². The Labute approximate surface area is 113 Å². The number of hydrogen-bond acceptors (Lipinski definition) is 5. The van der Waals surface area contributed by atoms with Crippen molar-refractivity contribution in [3.8, 4) is 5.75 Å². The van der Waals surface area contributed by atoms with Gasteiger partial charge in [-0.15, -0.1) is 0 Å². The second kappa shape index (κ2) is 7.29. The molecule has 0 aliphatic carbocycles. The normalized spacial score (nSPS) is 11.5. The van der Waals surface area contributed by atoms with Gasteiger partial charge in [-0.2, -0.15) is 17.9 Å². The van der Waals surface area contributed by atoms with Gasteiger partial charge in [-0.05, 0) is 18.2 Å². The molecule has 0 amide bonds. The third-order valence-corrected chi connectivity index (χ3v) is 3.46. The van der Waals surface area contributed by atoms with Crippen LogP contribution in [0.15, 0.2) is 18.2 Å². The van der Waals surface area contributed by atoms with Gasteiger partial charge in [0.15, 0.2) is 0 Å². The van der Waals surface area contributed by atoms with Crippen LogP contribution in [0, 0.1) is 0 Å². The molecule has 4 N–H and O–H groups in total. The molecule has 0 aliphatic heterocycles. The van der Waals surface area contributed by atoms with E-state index < -0.39 is 10.2 Å². The third kappa shape index (κ3) is 5.43. The van der Waals surface area contributed by atoms with Crippen molar-refractivity contribution in [1.82, 2.24) is 9.44 Å². The summed E-state index contributed by atoms with van der Waals surface area (Å²) in [7, 11) is -0.553. The largest absolute Gasteiger partial charge is 0.496 e. The monoisotopic (exact) mass is 289 g/mol. The van der Waals surface area contributed by atoms with Crippen molar-refractivity contribution in [2.45, 2.75) is 6.54 Å². The molecule has 1 aromatic carbocycles. The van der Waals surface area contributed by atoms with Crippen molar-refractivity contribution in [3.05, 3.63) is 23.8 Å². The fourth-order valence-corrected chi connectivity index (χ4v) is 2.24. The summed E-state index contributed by atoms with van der Waals surface area (Å²) in [6.45, 7) is 0.610. The number of hydrogen-bond donors (Lipinski definition) is 3. The minimum Gasteiger partial charge on any atom is -0.496 e. The Hall–Kier alpha value is -1.35. The van der Waals surface area contributed by atoms with E-state index in [9.17, 15) is 8.42 Å². The molecular weight excluding hydrogens is 270 g/mol. The highest BCUT2D eigenvalue weighted by Gasteiger charge is 2.10. The van der Waals surface area contributed by atoms with Crippen LogP contribution in [-0.4, -0.2) is 35.8 Å². The molecule has 0 unspecified atom stereocenters. The molecule has 0 aliphatic rings. The highest BCUT2D eigenvalue weighted by Crippen LogP contribution is 2.20. The van der Waals surface area contributed by atoms with Crippen LogP contribution in [0.25, 0.3) is 0 Å². The predicted molar refractivity (Wildman–Crippen MR) is 73.0 cm³/mol. The van der Waals surface area contributed by atoms with Crippen molar-refractivity contribution < 1.29 is 17.9 Å². The van der Waals surface area contributed by atoms with Crippen molar-refractivity contribution in [3.63, 3.8) is 0 Å². The van der Waals surface area contributed by atoms with Crippen LogP contribution in [0.4, 0.5) is 5.69 Å². The second-order valence-electron chi connectivity index (χ2n) is 3.78. The number of anilines is 1. The van der Waals surface area contributed by atoms with Gasteiger partial charge in [0.2, 0.25) is 0 Å². The van der Waals surface area contributed by atoms with Crippen LogP contribution < -0.4 is 19.9 Å². The Kier molecular flexibility index (Phi) is 6.03. The lowest BCUT2D eigenvalue weighted by Gasteiger charge is -2.11. The summed E-state index contributed by atoms with van der Waals surface area (Å²) in [5.74, 6) is 0.578. The molecule has 0 saturated heterocycles. The van der Waals surface area contributed by atoms with Crippen LogP contribution in [0.2, 0.25) is 0 Å². The Morgan fingerprint density at radius 1 is 1.26 bits per heavy atom. The Morgan fingerprint density at radius 2 is 2.00 bits per heavy atom. The van der Waals surface area contributed by atoms with E-state index >= 15 is 0 Å². The van der Waals surface area contributed by atoms with Gasteiger partial charge >= 0.3 is 0 Å². The highest BCUT2D eigenvalue weighted by atomic mass is 32.2. The van der Waals surface area contributed by atoms with Gasteiger partial charge < -0.3 is 15.2 Å². The summed E-state index contributed by atoms with van der Waals surface area (Å²) >= 11 is 0. The molecule has 0 fully saturated rings. The second-order valence-corrected chi connectivity index (χ2v) is 5.37. The lowest BCUT2D eigenvalue weighted by molar-refractivity contribution is 0.204. The molecule has 0 bridgehead atoms. The molecule has 0 radical (unpaired) electrons. The SMILES string of the molecule is COCCNS(=O)(=O)NCc1cc(N)ccc1OC. The average molecular weight is 289 g/mol. The molecule has 7 nitrogen and oxygen atoms in total. The molecule has 19 heavy (non-hydrogen) atoms. The summed E-state index contributed by atoms with van der Waals surface area (Å²) in [5, 5.41) is 0. The van der Waals surface area contributed by atoms with Gasteiger partial charge in [-0.1, -0.05) is 0 Å². The number of rotatable bonds is 8. The molecule has 108 valence electrons. The van der Waals surface area contributed by atoms with Crippen molar-refractivity contribution in [2.75, 3.05) is 33.1 Å². The standard InChI is InChI=1S/C11H19N3O4S/c1-17-6-5-13-19(15,16)14-8-9-7-10(12)3-4-11(9)18-2/h3-4,7,13-14H,5-6,8,12H2,1-2H3. The minimum absolute atomic E-state index is 0.0938. The van der Waals surface area contributed by atoms with E-state index in [2.05, 4.69) is 9.44 Å².